The van der Waals surface area contributed by atoms with Gasteiger partial charge in [0.15, 0.2) is 0 Å². The minimum Gasteiger partial charge on any atom is -0.497 e. The molecule has 1 saturated heterocycles. The third-order valence-electron chi connectivity index (χ3n) is 3.80. The van der Waals surface area contributed by atoms with Crippen molar-refractivity contribution in [2.45, 2.75) is 19.3 Å². The van der Waals surface area contributed by atoms with E-state index in [0.717, 1.165) is 43.9 Å². The van der Waals surface area contributed by atoms with Gasteiger partial charge in [-0.05, 0) is 31.4 Å². The molecule has 1 aliphatic rings. The van der Waals surface area contributed by atoms with Crippen LogP contribution in [0.15, 0.2) is 24.3 Å². The minimum absolute atomic E-state index is 0.141. The van der Waals surface area contributed by atoms with Crippen LogP contribution in [0.5, 0.6) is 5.75 Å². The zero-order valence-corrected chi connectivity index (χ0v) is 13.0. The van der Waals surface area contributed by atoms with Crippen LogP contribution in [0.3, 0.4) is 0 Å². The summed E-state index contributed by atoms with van der Waals surface area (Å²) in [5.74, 6) is 0.831. The zero-order valence-electron chi connectivity index (χ0n) is 13.0. The maximum absolute atomic E-state index is 12.2. The fraction of sp³-hybridized carbons (Fsp3) is 0.562. The second-order valence-electron chi connectivity index (χ2n) is 5.41. The first-order valence-corrected chi connectivity index (χ1v) is 7.58. The number of hydrogen-bond acceptors (Lipinski definition) is 3. The van der Waals surface area contributed by atoms with Gasteiger partial charge in [-0.3, -0.25) is 0 Å². The Morgan fingerprint density at radius 2 is 2.10 bits per heavy atom. The minimum atomic E-state index is 0.141. The van der Waals surface area contributed by atoms with Crippen molar-refractivity contribution in [2.75, 3.05) is 45.7 Å². The molecule has 116 valence electrons. The highest BCUT2D eigenvalue weighted by molar-refractivity contribution is 5.74. The standard InChI is InChI=1S/C16H25N3O2/c1-18(16(20)19-10-4-3-5-11-19)12-9-17-14-7-6-8-15(13-14)21-2/h6-8,13,17H,3-5,9-12H2,1-2H3. The number of carbonyl (C=O) groups excluding carboxylic acids is 1. The van der Waals surface area contributed by atoms with Crippen LogP contribution in [-0.2, 0) is 0 Å². The molecule has 5 nitrogen and oxygen atoms in total. The van der Waals surface area contributed by atoms with E-state index in [0.29, 0.717) is 6.54 Å². The van der Waals surface area contributed by atoms with Crippen molar-refractivity contribution in [3.63, 3.8) is 0 Å². The molecule has 2 amide bonds. The fourth-order valence-corrected chi connectivity index (χ4v) is 2.52. The lowest BCUT2D eigenvalue weighted by molar-refractivity contribution is 0.154. The summed E-state index contributed by atoms with van der Waals surface area (Å²) in [7, 11) is 3.52. The predicted molar refractivity (Wildman–Crippen MR) is 84.9 cm³/mol. The SMILES string of the molecule is COc1cccc(NCCN(C)C(=O)N2CCCCC2)c1. The van der Waals surface area contributed by atoms with Gasteiger partial charge in [-0.2, -0.15) is 0 Å². The second kappa shape index (κ2) is 7.76. The molecular weight excluding hydrogens is 266 g/mol. The van der Waals surface area contributed by atoms with Gasteiger partial charge in [0.2, 0.25) is 0 Å². The van der Waals surface area contributed by atoms with Gasteiger partial charge >= 0.3 is 6.03 Å². The maximum Gasteiger partial charge on any atom is 0.319 e. The molecule has 5 heteroatoms. The number of rotatable bonds is 5. The third kappa shape index (κ3) is 4.55. The zero-order chi connectivity index (χ0) is 15.1. The van der Waals surface area contributed by atoms with Gasteiger partial charge in [0.1, 0.15) is 5.75 Å². The summed E-state index contributed by atoms with van der Waals surface area (Å²) in [5, 5.41) is 3.32. The Kier molecular flexibility index (Phi) is 5.72. The summed E-state index contributed by atoms with van der Waals surface area (Å²) >= 11 is 0. The Morgan fingerprint density at radius 1 is 1.33 bits per heavy atom. The van der Waals surface area contributed by atoms with Crippen LogP contribution in [0.2, 0.25) is 0 Å². The summed E-state index contributed by atoms with van der Waals surface area (Å²) in [4.78, 5) is 16.0. The van der Waals surface area contributed by atoms with E-state index in [9.17, 15) is 4.79 Å². The van der Waals surface area contributed by atoms with E-state index in [4.69, 9.17) is 4.74 Å². The van der Waals surface area contributed by atoms with Gasteiger partial charge in [-0.1, -0.05) is 6.07 Å². The molecule has 0 saturated carbocycles. The van der Waals surface area contributed by atoms with Crippen molar-refractivity contribution in [2.24, 2.45) is 0 Å². The van der Waals surface area contributed by atoms with E-state index in [1.165, 1.54) is 6.42 Å². The quantitative estimate of drug-likeness (QED) is 0.907. The van der Waals surface area contributed by atoms with Crippen molar-refractivity contribution < 1.29 is 9.53 Å². The first-order valence-electron chi connectivity index (χ1n) is 7.58. The average Bonchev–Trinajstić information content (AvgIpc) is 2.55. The van der Waals surface area contributed by atoms with Gasteiger partial charge in [0, 0.05) is 45.0 Å². The molecule has 21 heavy (non-hydrogen) atoms. The van der Waals surface area contributed by atoms with Crippen LogP contribution in [0.25, 0.3) is 0 Å². The Morgan fingerprint density at radius 3 is 2.81 bits per heavy atom. The van der Waals surface area contributed by atoms with Crippen LogP contribution in [-0.4, -0.2) is 56.2 Å². The third-order valence-corrected chi connectivity index (χ3v) is 3.80. The Bertz CT molecular complexity index is 459. The molecule has 1 aromatic carbocycles. The number of nitrogens with zero attached hydrogens (tertiary/aromatic N) is 2. The predicted octanol–water partition coefficient (Wildman–Crippen LogP) is 2.64. The topological polar surface area (TPSA) is 44.8 Å². The molecule has 1 aromatic rings. The Balaban J connectivity index is 1.75. The van der Waals surface area contributed by atoms with Gasteiger partial charge in [0.25, 0.3) is 0 Å². The molecule has 0 aromatic heterocycles. The molecule has 0 aliphatic carbocycles. The number of hydrogen-bond donors (Lipinski definition) is 1. The van der Waals surface area contributed by atoms with Crippen LogP contribution in [0.4, 0.5) is 10.5 Å². The molecule has 0 bridgehead atoms. The number of ether oxygens (including phenoxy) is 1. The summed E-state index contributed by atoms with van der Waals surface area (Å²) in [6.07, 6.45) is 3.49. The lowest BCUT2D eigenvalue weighted by Gasteiger charge is -2.31. The first kappa shape index (κ1) is 15.5. The number of likely N-dealkylation sites (tertiary alicyclic amines) is 1. The fourth-order valence-electron chi connectivity index (χ4n) is 2.52. The summed E-state index contributed by atoms with van der Waals surface area (Å²) in [6.45, 7) is 3.20. The molecule has 0 unspecified atom stereocenters. The van der Waals surface area contributed by atoms with Crippen LogP contribution in [0, 0.1) is 0 Å². The molecule has 1 N–H and O–H groups in total. The maximum atomic E-state index is 12.2. The molecule has 1 fully saturated rings. The number of amides is 2. The molecular formula is C16H25N3O2. The van der Waals surface area contributed by atoms with Crippen LogP contribution in [0.1, 0.15) is 19.3 Å². The van der Waals surface area contributed by atoms with Crippen LogP contribution < -0.4 is 10.1 Å². The molecule has 0 spiro atoms. The molecule has 1 aliphatic heterocycles. The number of methoxy groups -OCH3 is 1. The van der Waals surface area contributed by atoms with E-state index in [1.54, 1.807) is 12.0 Å². The number of anilines is 1. The summed E-state index contributed by atoms with van der Waals surface area (Å²) in [6, 6.07) is 7.95. The van der Waals surface area contributed by atoms with Crippen molar-refractivity contribution in [1.82, 2.24) is 9.80 Å². The largest absolute Gasteiger partial charge is 0.497 e. The van der Waals surface area contributed by atoms with Gasteiger partial charge < -0.3 is 19.9 Å². The second-order valence-corrected chi connectivity index (χ2v) is 5.41. The highest BCUT2D eigenvalue weighted by atomic mass is 16.5. The number of likely N-dealkylation sites (N-methyl/N-ethyl adjacent to an activating group) is 1. The van der Waals surface area contributed by atoms with Gasteiger partial charge in [0.05, 0.1) is 7.11 Å². The van der Waals surface area contributed by atoms with Gasteiger partial charge in [-0.25, -0.2) is 4.79 Å². The van der Waals surface area contributed by atoms with E-state index >= 15 is 0 Å². The summed E-state index contributed by atoms with van der Waals surface area (Å²) < 4.78 is 5.19. The van der Waals surface area contributed by atoms with E-state index in [-0.39, 0.29) is 6.03 Å². The number of carbonyl (C=O) groups is 1. The van der Waals surface area contributed by atoms with E-state index < -0.39 is 0 Å². The molecule has 2 rings (SSSR count). The highest BCUT2D eigenvalue weighted by Crippen LogP contribution is 2.16. The Hall–Kier alpha value is -1.91. The molecule has 0 radical (unpaired) electrons. The lowest BCUT2D eigenvalue weighted by Crippen LogP contribution is -2.45. The molecule has 0 atom stereocenters. The normalized spacial score (nSPS) is 14.7. The number of urea groups is 1. The Labute approximate surface area is 126 Å². The summed E-state index contributed by atoms with van der Waals surface area (Å²) in [5.41, 5.74) is 1.01. The monoisotopic (exact) mass is 291 g/mol. The highest BCUT2D eigenvalue weighted by Gasteiger charge is 2.19. The van der Waals surface area contributed by atoms with Crippen molar-refractivity contribution in [1.29, 1.82) is 0 Å². The van der Waals surface area contributed by atoms with Crippen molar-refractivity contribution in [3.8, 4) is 5.75 Å². The van der Waals surface area contributed by atoms with Crippen LogP contribution >= 0.6 is 0 Å². The molecule has 1 heterocycles. The number of piperidine rings is 1. The average molecular weight is 291 g/mol. The lowest BCUT2D eigenvalue weighted by atomic mass is 10.1. The van der Waals surface area contributed by atoms with Crippen molar-refractivity contribution in [3.05, 3.63) is 24.3 Å². The van der Waals surface area contributed by atoms with Gasteiger partial charge in [-0.15, -0.1) is 0 Å². The van der Waals surface area contributed by atoms with E-state index in [2.05, 4.69) is 5.32 Å². The first-order chi connectivity index (χ1) is 10.2. The number of nitrogens with one attached hydrogen (secondary N) is 1. The van der Waals surface area contributed by atoms with E-state index in [1.807, 2.05) is 36.2 Å². The smallest absolute Gasteiger partial charge is 0.319 e. The van der Waals surface area contributed by atoms with Crippen molar-refractivity contribution >= 4 is 11.7 Å². The number of benzene rings is 1.